The lowest BCUT2D eigenvalue weighted by atomic mass is 9.93. The summed E-state index contributed by atoms with van der Waals surface area (Å²) in [4.78, 5) is 0. The fourth-order valence-electron chi connectivity index (χ4n) is 10.5. The molecule has 296 valence electrons. The number of hydrogen-bond acceptors (Lipinski definition) is 0. The fraction of sp³-hybridized carbons (Fsp3) is 0. The molecule has 0 atom stereocenters. The van der Waals surface area contributed by atoms with E-state index in [1.54, 1.807) is 0 Å². The van der Waals surface area contributed by atoms with Crippen molar-refractivity contribution in [1.29, 1.82) is 0 Å². The van der Waals surface area contributed by atoms with Crippen molar-refractivity contribution in [2.24, 2.45) is 0 Å². The Kier molecular flexibility index (Phi) is 8.87. The van der Waals surface area contributed by atoms with E-state index in [0.29, 0.717) is 0 Å². The molecule has 0 saturated carbocycles. The van der Waals surface area contributed by atoms with Gasteiger partial charge in [-0.05, 0) is 73.8 Å². The first-order chi connectivity index (χ1) is 31.3. The second-order valence-electron chi connectivity index (χ2n) is 16.4. The van der Waals surface area contributed by atoms with Crippen LogP contribution in [0.3, 0.4) is 0 Å². The number of fused-ring (bicyclic) bond motifs is 6. The summed E-state index contributed by atoms with van der Waals surface area (Å²) in [7, 11) is -2.92. The summed E-state index contributed by atoms with van der Waals surface area (Å²) in [6.07, 6.45) is 0. The van der Waals surface area contributed by atoms with Gasteiger partial charge in [-0.1, -0.05) is 218 Å². The summed E-state index contributed by atoms with van der Waals surface area (Å²) in [5.41, 5.74) is 11.9. The fourth-order valence-corrected chi connectivity index (χ4v) is 15.4. The molecule has 0 amide bonds. The highest BCUT2D eigenvalue weighted by Crippen LogP contribution is 2.41. The van der Waals surface area contributed by atoms with Crippen LogP contribution in [0.4, 0.5) is 0 Å². The SMILES string of the molecule is c1ccc(-c2ccccc2-c2ccccc2-n2c3ccccc3c3cc(-n4c5ccccc5c5cccc([Si](c6ccccc6)(c6ccccc6)c6ccccc6)c54)ccc32)cc1. The van der Waals surface area contributed by atoms with E-state index in [1.807, 2.05) is 0 Å². The Hall–Kier alpha value is -7.98. The number of benzene rings is 10. The highest BCUT2D eigenvalue weighted by Gasteiger charge is 2.43. The van der Waals surface area contributed by atoms with E-state index in [9.17, 15) is 0 Å². The summed E-state index contributed by atoms with van der Waals surface area (Å²) in [5, 5.41) is 10.4. The quantitative estimate of drug-likeness (QED) is 0.107. The molecule has 0 spiro atoms. The predicted octanol–water partition coefficient (Wildman–Crippen LogP) is 12.6. The van der Waals surface area contributed by atoms with Gasteiger partial charge < -0.3 is 9.13 Å². The lowest BCUT2D eigenvalue weighted by Gasteiger charge is -2.35. The summed E-state index contributed by atoms with van der Waals surface area (Å²) < 4.78 is 5.03. The number of aromatic nitrogens is 2. The largest absolute Gasteiger partial charge is 0.309 e. The number of rotatable bonds is 8. The molecular weight excluding hydrogens is 777 g/mol. The van der Waals surface area contributed by atoms with Crippen molar-refractivity contribution in [3.8, 4) is 33.6 Å². The molecule has 12 rings (SSSR count). The van der Waals surface area contributed by atoms with Crippen LogP contribution in [-0.4, -0.2) is 17.2 Å². The zero-order chi connectivity index (χ0) is 41.7. The normalized spacial score (nSPS) is 11.8. The zero-order valence-corrected chi connectivity index (χ0v) is 35.6. The van der Waals surface area contributed by atoms with Gasteiger partial charge in [-0.15, -0.1) is 0 Å². The lowest BCUT2D eigenvalue weighted by molar-refractivity contribution is 1.17. The third kappa shape index (κ3) is 5.78. The third-order valence-corrected chi connectivity index (χ3v) is 17.9. The molecule has 0 radical (unpaired) electrons. The maximum absolute atomic E-state index is 2.92. The van der Waals surface area contributed by atoms with E-state index in [4.69, 9.17) is 0 Å². The van der Waals surface area contributed by atoms with Gasteiger partial charge in [0.2, 0.25) is 0 Å². The van der Waals surface area contributed by atoms with Crippen LogP contribution in [0, 0.1) is 0 Å². The van der Waals surface area contributed by atoms with Crippen LogP contribution in [0.15, 0.2) is 255 Å². The van der Waals surface area contributed by atoms with Gasteiger partial charge in [0.25, 0.3) is 0 Å². The Balaban J connectivity index is 1.15. The summed E-state index contributed by atoms with van der Waals surface area (Å²) in [6.45, 7) is 0. The van der Waals surface area contributed by atoms with Crippen LogP contribution < -0.4 is 20.7 Å². The molecule has 2 heterocycles. The molecule has 63 heavy (non-hydrogen) atoms. The Labute approximate surface area is 368 Å². The molecule has 0 fully saturated rings. The first-order valence-electron chi connectivity index (χ1n) is 21.8. The molecule has 10 aromatic carbocycles. The van der Waals surface area contributed by atoms with E-state index in [2.05, 4.69) is 264 Å². The molecule has 0 saturated heterocycles. The van der Waals surface area contributed by atoms with E-state index < -0.39 is 8.07 Å². The Morgan fingerprint density at radius 2 is 0.746 bits per heavy atom. The molecular formula is C60H42N2Si. The van der Waals surface area contributed by atoms with Crippen molar-refractivity contribution in [2.45, 2.75) is 0 Å². The number of para-hydroxylation sites is 4. The molecule has 0 aliphatic rings. The standard InChI is InChI=1S/C60H42N2Si/c1-5-22-43(23-6-1)48-30-13-14-31-49(48)50-32-15-19-37-56(50)62-57-38-20-17-34-52(57)54-42-44(40-41-58(54)62)61-55-36-18-16-33-51(55)53-35-21-39-59(60(53)61)63(45-24-7-2-8-25-45,46-26-9-3-10-27-46)47-28-11-4-12-29-47/h1-42H. The minimum atomic E-state index is -2.92. The van der Waals surface area contributed by atoms with Crippen LogP contribution in [0.25, 0.3) is 77.2 Å². The topological polar surface area (TPSA) is 9.86 Å². The third-order valence-electron chi connectivity index (χ3n) is 13.1. The van der Waals surface area contributed by atoms with Gasteiger partial charge in [0, 0.05) is 32.8 Å². The summed E-state index contributed by atoms with van der Waals surface area (Å²) in [6, 6.07) is 94.2. The summed E-state index contributed by atoms with van der Waals surface area (Å²) >= 11 is 0. The van der Waals surface area contributed by atoms with Crippen molar-refractivity contribution >= 4 is 72.4 Å². The van der Waals surface area contributed by atoms with Gasteiger partial charge in [0.15, 0.2) is 8.07 Å². The minimum Gasteiger partial charge on any atom is -0.309 e. The van der Waals surface area contributed by atoms with Crippen LogP contribution in [-0.2, 0) is 0 Å². The average Bonchev–Trinajstić information content (AvgIpc) is 3.88. The molecule has 0 aliphatic heterocycles. The van der Waals surface area contributed by atoms with Gasteiger partial charge >= 0.3 is 0 Å². The first kappa shape index (κ1) is 36.8. The van der Waals surface area contributed by atoms with Crippen molar-refractivity contribution in [3.63, 3.8) is 0 Å². The van der Waals surface area contributed by atoms with Crippen LogP contribution in [0.2, 0.25) is 0 Å². The smallest absolute Gasteiger partial charge is 0.181 e. The molecule has 12 aromatic rings. The van der Waals surface area contributed by atoms with Gasteiger partial charge in [0.05, 0.1) is 27.8 Å². The minimum absolute atomic E-state index is 1.14. The summed E-state index contributed by atoms with van der Waals surface area (Å²) in [5.74, 6) is 0. The second kappa shape index (κ2) is 15.2. The highest BCUT2D eigenvalue weighted by atomic mass is 28.3. The maximum atomic E-state index is 2.56. The van der Waals surface area contributed by atoms with Crippen molar-refractivity contribution in [2.75, 3.05) is 0 Å². The van der Waals surface area contributed by atoms with Gasteiger partial charge in [-0.25, -0.2) is 0 Å². The number of nitrogens with zero attached hydrogens (tertiary/aromatic N) is 2. The average molecular weight is 819 g/mol. The van der Waals surface area contributed by atoms with E-state index in [0.717, 1.165) is 11.4 Å². The molecule has 0 N–H and O–H groups in total. The lowest BCUT2D eigenvalue weighted by Crippen LogP contribution is -2.75. The Morgan fingerprint density at radius 1 is 0.286 bits per heavy atom. The molecule has 2 nitrogen and oxygen atoms in total. The molecule has 0 unspecified atom stereocenters. The van der Waals surface area contributed by atoms with Crippen LogP contribution in [0.5, 0.6) is 0 Å². The Bertz CT molecular complexity index is 3510. The zero-order valence-electron chi connectivity index (χ0n) is 34.6. The van der Waals surface area contributed by atoms with Gasteiger partial charge in [-0.3, -0.25) is 0 Å². The van der Waals surface area contributed by atoms with Gasteiger partial charge in [-0.2, -0.15) is 0 Å². The molecule has 0 aliphatic carbocycles. The monoisotopic (exact) mass is 818 g/mol. The maximum Gasteiger partial charge on any atom is 0.181 e. The van der Waals surface area contributed by atoms with E-state index in [1.165, 1.54) is 86.6 Å². The molecule has 0 bridgehead atoms. The van der Waals surface area contributed by atoms with Gasteiger partial charge in [0.1, 0.15) is 0 Å². The van der Waals surface area contributed by atoms with Crippen molar-refractivity contribution in [3.05, 3.63) is 255 Å². The van der Waals surface area contributed by atoms with E-state index >= 15 is 0 Å². The van der Waals surface area contributed by atoms with Crippen molar-refractivity contribution in [1.82, 2.24) is 9.13 Å². The Morgan fingerprint density at radius 3 is 1.38 bits per heavy atom. The second-order valence-corrected chi connectivity index (χ2v) is 20.2. The number of hydrogen-bond donors (Lipinski definition) is 0. The highest BCUT2D eigenvalue weighted by molar-refractivity contribution is 7.20. The molecule has 3 heteroatoms. The van der Waals surface area contributed by atoms with Crippen LogP contribution in [0.1, 0.15) is 0 Å². The van der Waals surface area contributed by atoms with Crippen molar-refractivity contribution < 1.29 is 0 Å². The predicted molar refractivity (Wildman–Crippen MR) is 270 cm³/mol. The van der Waals surface area contributed by atoms with E-state index in [-0.39, 0.29) is 0 Å². The first-order valence-corrected chi connectivity index (χ1v) is 23.8. The molecule has 2 aromatic heterocycles. The van der Waals surface area contributed by atoms with Crippen LogP contribution >= 0.6 is 0 Å².